The van der Waals surface area contributed by atoms with E-state index in [-0.39, 0.29) is 12.0 Å². The molecule has 0 aliphatic carbocycles. The van der Waals surface area contributed by atoms with Gasteiger partial charge in [-0.3, -0.25) is 9.78 Å². The average molecular weight is 300 g/mol. The molecule has 1 amide bonds. The second-order valence-electron chi connectivity index (χ2n) is 4.56. The van der Waals surface area contributed by atoms with E-state index in [4.69, 9.17) is 21.1 Å². The lowest BCUT2D eigenvalue weighted by atomic mass is 10.3. The number of nitrogens with zero attached hydrogens (tertiary/aromatic N) is 3. The summed E-state index contributed by atoms with van der Waals surface area (Å²) in [6.45, 7) is 1.29. The summed E-state index contributed by atoms with van der Waals surface area (Å²) >= 11 is 5.59. The Morgan fingerprint density at radius 1 is 1.50 bits per heavy atom. The smallest absolute Gasteiger partial charge is 0.235 e. The summed E-state index contributed by atoms with van der Waals surface area (Å²) in [7, 11) is 1.53. The van der Waals surface area contributed by atoms with Gasteiger partial charge in [-0.25, -0.2) is 0 Å². The molecule has 1 aromatic rings. The molecule has 0 bridgehead atoms. The van der Waals surface area contributed by atoms with Crippen LogP contribution in [0.5, 0.6) is 11.8 Å². The largest absolute Gasteiger partial charge is 0.480 e. The number of rotatable bonds is 6. The van der Waals surface area contributed by atoms with E-state index in [1.807, 2.05) is 4.90 Å². The predicted molar refractivity (Wildman–Crippen MR) is 74.2 cm³/mol. The van der Waals surface area contributed by atoms with Gasteiger partial charge < -0.3 is 14.4 Å². The van der Waals surface area contributed by atoms with Crippen LogP contribution in [0.3, 0.4) is 0 Å². The van der Waals surface area contributed by atoms with Gasteiger partial charge in [-0.15, -0.1) is 11.6 Å². The van der Waals surface area contributed by atoms with Crippen molar-refractivity contribution in [2.24, 2.45) is 0 Å². The maximum Gasteiger partial charge on any atom is 0.235 e. The lowest BCUT2D eigenvalue weighted by Crippen LogP contribution is -2.30. The van der Waals surface area contributed by atoms with Crippen molar-refractivity contribution in [1.29, 1.82) is 0 Å². The number of carbonyl (C=O) groups is 1. The third-order valence-electron chi connectivity index (χ3n) is 3.11. The van der Waals surface area contributed by atoms with Gasteiger partial charge in [0.1, 0.15) is 6.10 Å². The van der Waals surface area contributed by atoms with Gasteiger partial charge in [0.2, 0.25) is 17.7 Å². The second-order valence-corrected chi connectivity index (χ2v) is 4.94. The number of halogens is 1. The van der Waals surface area contributed by atoms with Crippen molar-refractivity contribution >= 4 is 17.5 Å². The van der Waals surface area contributed by atoms with E-state index in [0.717, 1.165) is 6.42 Å². The number of ether oxygens (including phenoxy) is 2. The van der Waals surface area contributed by atoms with Crippen molar-refractivity contribution < 1.29 is 14.3 Å². The molecule has 6 nitrogen and oxygen atoms in total. The van der Waals surface area contributed by atoms with Gasteiger partial charge in [-0.2, -0.15) is 4.98 Å². The molecule has 0 N–H and O–H groups in total. The van der Waals surface area contributed by atoms with E-state index in [9.17, 15) is 4.79 Å². The van der Waals surface area contributed by atoms with E-state index in [1.54, 1.807) is 6.20 Å². The number of hydrogen-bond donors (Lipinski definition) is 0. The van der Waals surface area contributed by atoms with Crippen molar-refractivity contribution in [2.75, 3.05) is 26.1 Å². The van der Waals surface area contributed by atoms with Gasteiger partial charge in [-0.1, -0.05) is 0 Å². The Balaban J connectivity index is 1.85. The molecule has 0 aromatic carbocycles. The first-order valence-electron chi connectivity index (χ1n) is 6.59. The van der Waals surface area contributed by atoms with Gasteiger partial charge in [-0.05, 0) is 6.42 Å². The molecule has 0 saturated carbocycles. The lowest BCUT2D eigenvalue weighted by molar-refractivity contribution is -0.130. The molecule has 110 valence electrons. The number of hydrogen-bond acceptors (Lipinski definition) is 5. The first-order valence-corrected chi connectivity index (χ1v) is 7.13. The Kier molecular flexibility index (Phi) is 5.40. The Morgan fingerprint density at radius 2 is 2.30 bits per heavy atom. The van der Waals surface area contributed by atoms with Crippen LogP contribution < -0.4 is 9.47 Å². The van der Waals surface area contributed by atoms with Crippen LogP contribution in [0.2, 0.25) is 0 Å². The number of likely N-dealkylation sites (tertiary alicyclic amines) is 1. The first-order chi connectivity index (χ1) is 9.72. The van der Waals surface area contributed by atoms with Gasteiger partial charge in [0.25, 0.3) is 0 Å². The topological polar surface area (TPSA) is 64.6 Å². The number of methoxy groups -OCH3 is 1. The Morgan fingerprint density at radius 3 is 3.05 bits per heavy atom. The fourth-order valence-electron chi connectivity index (χ4n) is 2.08. The summed E-state index contributed by atoms with van der Waals surface area (Å²) in [6, 6.07) is 0. The van der Waals surface area contributed by atoms with Gasteiger partial charge in [0, 0.05) is 25.3 Å². The van der Waals surface area contributed by atoms with Crippen molar-refractivity contribution in [3.63, 3.8) is 0 Å². The SMILES string of the molecule is COc1cncc(OC2CCN(C(=O)CCCCl)C2)n1. The third kappa shape index (κ3) is 3.96. The highest BCUT2D eigenvalue weighted by molar-refractivity contribution is 6.17. The second kappa shape index (κ2) is 7.28. The van der Waals surface area contributed by atoms with Crippen LogP contribution in [0.25, 0.3) is 0 Å². The standard InChI is InChI=1S/C13H18ClN3O3/c1-19-11-7-15-8-12(16-11)20-10-4-6-17(9-10)13(18)3-2-5-14/h7-8,10H,2-6,9H2,1H3. The average Bonchev–Trinajstić information content (AvgIpc) is 2.93. The molecule has 2 heterocycles. The number of aromatic nitrogens is 2. The fraction of sp³-hybridized carbons (Fsp3) is 0.615. The molecule has 20 heavy (non-hydrogen) atoms. The van der Waals surface area contributed by atoms with Crippen LogP contribution in [-0.4, -0.2) is 53.0 Å². The summed E-state index contributed by atoms with van der Waals surface area (Å²) in [5.41, 5.74) is 0. The summed E-state index contributed by atoms with van der Waals surface area (Å²) in [4.78, 5) is 21.8. The third-order valence-corrected chi connectivity index (χ3v) is 3.38. The molecule has 0 spiro atoms. The van der Waals surface area contributed by atoms with Gasteiger partial charge >= 0.3 is 0 Å². The Hall–Kier alpha value is -1.56. The van der Waals surface area contributed by atoms with Gasteiger partial charge in [0.15, 0.2) is 0 Å². The maximum absolute atomic E-state index is 11.9. The molecule has 1 fully saturated rings. The zero-order chi connectivity index (χ0) is 14.4. The predicted octanol–water partition coefficient (Wildman–Crippen LogP) is 1.48. The number of alkyl halides is 1. The van der Waals surface area contributed by atoms with Crippen LogP contribution in [0, 0.1) is 0 Å². The number of carbonyl (C=O) groups excluding carboxylic acids is 1. The molecule has 2 rings (SSSR count). The van der Waals surface area contributed by atoms with Crippen molar-refractivity contribution in [1.82, 2.24) is 14.9 Å². The molecular weight excluding hydrogens is 282 g/mol. The van der Waals surface area contributed by atoms with Crippen LogP contribution in [0.15, 0.2) is 12.4 Å². The Bertz CT molecular complexity index is 458. The quantitative estimate of drug-likeness (QED) is 0.745. The lowest BCUT2D eigenvalue weighted by Gasteiger charge is -2.16. The molecule has 0 radical (unpaired) electrons. The minimum Gasteiger partial charge on any atom is -0.480 e. The molecule has 1 saturated heterocycles. The summed E-state index contributed by atoms with van der Waals surface area (Å²) in [6.07, 6.45) is 5.02. The maximum atomic E-state index is 11.9. The van der Waals surface area contributed by atoms with Crippen molar-refractivity contribution in [2.45, 2.75) is 25.4 Å². The summed E-state index contributed by atoms with van der Waals surface area (Å²) in [5.74, 6) is 1.48. The number of amides is 1. The molecule has 7 heteroatoms. The molecule has 1 unspecified atom stereocenters. The molecule has 1 aliphatic rings. The summed E-state index contributed by atoms with van der Waals surface area (Å²) < 4.78 is 10.7. The fourth-order valence-corrected chi connectivity index (χ4v) is 2.22. The van der Waals surface area contributed by atoms with E-state index in [1.165, 1.54) is 13.3 Å². The zero-order valence-electron chi connectivity index (χ0n) is 11.4. The summed E-state index contributed by atoms with van der Waals surface area (Å²) in [5, 5.41) is 0. The van der Waals surface area contributed by atoms with Crippen LogP contribution >= 0.6 is 11.6 Å². The molecular formula is C13H18ClN3O3. The van der Waals surface area contributed by atoms with E-state index in [2.05, 4.69) is 9.97 Å². The molecule has 1 atom stereocenters. The van der Waals surface area contributed by atoms with Crippen molar-refractivity contribution in [3.05, 3.63) is 12.4 Å². The van der Waals surface area contributed by atoms with Crippen LogP contribution in [0.4, 0.5) is 0 Å². The molecule has 1 aliphatic heterocycles. The van der Waals surface area contributed by atoms with E-state index >= 15 is 0 Å². The highest BCUT2D eigenvalue weighted by Crippen LogP contribution is 2.18. The normalized spacial score (nSPS) is 18.1. The minimum absolute atomic E-state index is 0.0450. The first kappa shape index (κ1) is 14.8. The molecule has 1 aromatic heterocycles. The van der Waals surface area contributed by atoms with E-state index in [0.29, 0.717) is 43.6 Å². The minimum atomic E-state index is -0.0450. The van der Waals surface area contributed by atoms with Crippen LogP contribution in [-0.2, 0) is 4.79 Å². The van der Waals surface area contributed by atoms with Crippen LogP contribution in [0.1, 0.15) is 19.3 Å². The Labute approximate surface area is 123 Å². The highest BCUT2D eigenvalue weighted by Gasteiger charge is 2.27. The highest BCUT2D eigenvalue weighted by atomic mass is 35.5. The van der Waals surface area contributed by atoms with Gasteiger partial charge in [0.05, 0.1) is 26.0 Å². The zero-order valence-corrected chi connectivity index (χ0v) is 12.2. The monoisotopic (exact) mass is 299 g/mol. The van der Waals surface area contributed by atoms with Crippen molar-refractivity contribution in [3.8, 4) is 11.8 Å². The van der Waals surface area contributed by atoms with E-state index < -0.39 is 0 Å².